The molecule has 0 spiro atoms. The van der Waals surface area contributed by atoms with Gasteiger partial charge >= 0.3 is 0 Å². The van der Waals surface area contributed by atoms with Gasteiger partial charge in [0.1, 0.15) is 0 Å². The van der Waals surface area contributed by atoms with Crippen molar-refractivity contribution in [3.63, 3.8) is 0 Å². The number of anilines is 1. The molecular formula is C11H20N2O2S2. The first-order valence-corrected chi connectivity index (χ1v) is 8.47. The van der Waals surface area contributed by atoms with Crippen LogP contribution in [0.5, 0.6) is 0 Å². The Morgan fingerprint density at radius 2 is 2.12 bits per heavy atom. The molecule has 1 aromatic rings. The smallest absolute Gasteiger partial charge is 0.232 e. The second-order valence-electron chi connectivity index (χ2n) is 3.89. The van der Waals surface area contributed by atoms with Crippen molar-refractivity contribution in [3.05, 3.63) is 16.8 Å². The highest BCUT2D eigenvalue weighted by atomic mass is 32.2. The van der Waals surface area contributed by atoms with Crippen LogP contribution >= 0.6 is 11.3 Å². The van der Waals surface area contributed by atoms with E-state index in [9.17, 15) is 8.42 Å². The molecule has 1 heterocycles. The molecule has 17 heavy (non-hydrogen) atoms. The summed E-state index contributed by atoms with van der Waals surface area (Å²) in [7, 11) is -3.17. The second-order valence-corrected chi connectivity index (χ2v) is 6.51. The Morgan fingerprint density at radius 3 is 2.76 bits per heavy atom. The van der Waals surface area contributed by atoms with Crippen molar-refractivity contribution in [1.29, 1.82) is 0 Å². The first-order chi connectivity index (χ1) is 8.14. The van der Waals surface area contributed by atoms with Crippen LogP contribution in [0.3, 0.4) is 0 Å². The molecule has 1 aromatic heterocycles. The minimum absolute atomic E-state index is 0.191. The molecule has 0 bridgehead atoms. The summed E-state index contributed by atoms with van der Waals surface area (Å²) in [5, 5.41) is 6.90. The standard InChI is InChI=1S/C11H20N2O2S2/c1-2-6-12-7-3-4-9-17(14,15)13-11-5-8-16-10-11/h5,8,10,12-13H,2-4,6-7,9H2,1H3. The fourth-order valence-corrected chi connectivity index (χ4v) is 3.23. The summed E-state index contributed by atoms with van der Waals surface area (Å²) in [4.78, 5) is 0. The van der Waals surface area contributed by atoms with Gasteiger partial charge in [-0.1, -0.05) is 6.92 Å². The van der Waals surface area contributed by atoms with Gasteiger partial charge in [0, 0.05) is 5.38 Å². The number of rotatable bonds is 9. The summed E-state index contributed by atoms with van der Waals surface area (Å²) in [5.41, 5.74) is 0.666. The van der Waals surface area contributed by atoms with Crippen LogP contribution in [-0.2, 0) is 10.0 Å². The third-order valence-electron chi connectivity index (χ3n) is 2.24. The summed E-state index contributed by atoms with van der Waals surface area (Å²) < 4.78 is 25.9. The molecule has 0 aliphatic heterocycles. The maximum atomic E-state index is 11.7. The Hall–Kier alpha value is -0.590. The lowest BCUT2D eigenvalue weighted by atomic mass is 10.3. The lowest BCUT2D eigenvalue weighted by Gasteiger charge is -2.06. The number of thiophene rings is 1. The van der Waals surface area contributed by atoms with Gasteiger partial charge in [0.2, 0.25) is 10.0 Å². The number of sulfonamides is 1. The van der Waals surface area contributed by atoms with Crippen molar-refractivity contribution in [2.75, 3.05) is 23.6 Å². The molecule has 0 aromatic carbocycles. The van der Waals surface area contributed by atoms with Crippen LogP contribution in [0.25, 0.3) is 0 Å². The molecular weight excluding hydrogens is 256 g/mol. The minimum Gasteiger partial charge on any atom is -0.317 e. The van der Waals surface area contributed by atoms with E-state index in [1.165, 1.54) is 11.3 Å². The van der Waals surface area contributed by atoms with Crippen molar-refractivity contribution in [1.82, 2.24) is 5.32 Å². The van der Waals surface area contributed by atoms with Gasteiger partial charge in [0.15, 0.2) is 0 Å². The Bertz CT molecular complexity index is 388. The van der Waals surface area contributed by atoms with E-state index < -0.39 is 10.0 Å². The van der Waals surface area contributed by atoms with Crippen LogP contribution in [0.2, 0.25) is 0 Å². The Balaban J connectivity index is 2.17. The molecule has 4 nitrogen and oxygen atoms in total. The SMILES string of the molecule is CCCNCCCCS(=O)(=O)Nc1ccsc1. The molecule has 0 saturated heterocycles. The quantitative estimate of drug-likeness (QED) is 0.680. The van der Waals surface area contributed by atoms with E-state index in [4.69, 9.17) is 0 Å². The van der Waals surface area contributed by atoms with Crippen LogP contribution in [0, 0.1) is 0 Å². The zero-order valence-electron chi connectivity index (χ0n) is 10.1. The van der Waals surface area contributed by atoms with Gasteiger partial charge in [-0.15, -0.1) is 0 Å². The maximum absolute atomic E-state index is 11.7. The number of nitrogens with one attached hydrogen (secondary N) is 2. The average molecular weight is 276 g/mol. The van der Waals surface area contributed by atoms with Gasteiger partial charge < -0.3 is 5.32 Å². The monoisotopic (exact) mass is 276 g/mol. The van der Waals surface area contributed by atoms with E-state index in [1.807, 2.05) is 5.38 Å². The highest BCUT2D eigenvalue weighted by Crippen LogP contribution is 2.14. The molecule has 0 fully saturated rings. The van der Waals surface area contributed by atoms with Crippen LogP contribution in [-0.4, -0.2) is 27.3 Å². The largest absolute Gasteiger partial charge is 0.317 e. The average Bonchev–Trinajstić information content (AvgIpc) is 2.75. The van der Waals surface area contributed by atoms with Crippen molar-refractivity contribution >= 4 is 27.0 Å². The van der Waals surface area contributed by atoms with E-state index in [0.29, 0.717) is 12.1 Å². The van der Waals surface area contributed by atoms with Gasteiger partial charge in [-0.3, -0.25) is 4.72 Å². The highest BCUT2D eigenvalue weighted by molar-refractivity contribution is 7.92. The zero-order chi connectivity index (χ0) is 12.6. The minimum atomic E-state index is -3.17. The molecule has 0 aliphatic rings. The summed E-state index contributed by atoms with van der Waals surface area (Å²) in [6, 6.07) is 1.77. The van der Waals surface area contributed by atoms with Crippen LogP contribution < -0.4 is 10.0 Å². The summed E-state index contributed by atoms with van der Waals surface area (Å²) in [6.45, 7) is 4.00. The lowest BCUT2D eigenvalue weighted by Crippen LogP contribution is -2.19. The molecule has 0 amide bonds. The van der Waals surface area contributed by atoms with Gasteiger partial charge in [-0.05, 0) is 43.8 Å². The van der Waals surface area contributed by atoms with E-state index >= 15 is 0 Å². The number of unbranched alkanes of at least 4 members (excludes halogenated alkanes) is 1. The van der Waals surface area contributed by atoms with Crippen molar-refractivity contribution in [3.8, 4) is 0 Å². The molecule has 0 saturated carbocycles. The molecule has 1 rings (SSSR count). The van der Waals surface area contributed by atoms with Crippen molar-refractivity contribution < 1.29 is 8.42 Å². The van der Waals surface area contributed by atoms with Crippen LogP contribution in [0.4, 0.5) is 5.69 Å². The second kappa shape index (κ2) is 7.68. The van der Waals surface area contributed by atoms with Gasteiger partial charge in [-0.2, -0.15) is 11.3 Å². The van der Waals surface area contributed by atoms with E-state index in [-0.39, 0.29) is 5.75 Å². The van der Waals surface area contributed by atoms with Gasteiger partial charge in [0.05, 0.1) is 11.4 Å². The molecule has 0 aliphatic carbocycles. The maximum Gasteiger partial charge on any atom is 0.232 e. The number of hydrogen-bond donors (Lipinski definition) is 2. The topological polar surface area (TPSA) is 58.2 Å². The Kier molecular flexibility index (Phi) is 6.54. The molecule has 0 radical (unpaired) electrons. The fraction of sp³-hybridized carbons (Fsp3) is 0.636. The number of hydrogen-bond acceptors (Lipinski definition) is 4. The first-order valence-electron chi connectivity index (χ1n) is 5.87. The molecule has 2 N–H and O–H groups in total. The van der Waals surface area contributed by atoms with Crippen LogP contribution in [0.15, 0.2) is 16.8 Å². The molecule has 6 heteroatoms. The van der Waals surface area contributed by atoms with Gasteiger partial charge in [0.25, 0.3) is 0 Å². The van der Waals surface area contributed by atoms with Crippen LogP contribution in [0.1, 0.15) is 26.2 Å². The fourth-order valence-electron chi connectivity index (χ4n) is 1.40. The third kappa shape index (κ3) is 6.65. The van der Waals surface area contributed by atoms with Crippen molar-refractivity contribution in [2.24, 2.45) is 0 Å². The predicted octanol–water partition coefficient (Wildman–Crippen LogP) is 2.27. The molecule has 98 valence electrons. The van der Waals surface area contributed by atoms with Gasteiger partial charge in [-0.25, -0.2) is 8.42 Å². The van der Waals surface area contributed by atoms with E-state index in [0.717, 1.165) is 25.9 Å². The summed E-state index contributed by atoms with van der Waals surface area (Å²) in [6.07, 6.45) is 2.69. The molecule has 0 atom stereocenters. The third-order valence-corrected chi connectivity index (χ3v) is 4.29. The van der Waals surface area contributed by atoms with E-state index in [2.05, 4.69) is 17.0 Å². The summed E-state index contributed by atoms with van der Waals surface area (Å²) >= 11 is 1.48. The highest BCUT2D eigenvalue weighted by Gasteiger charge is 2.09. The zero-order valence-corrected chi connectivity index (χ0v) is 11.7. The Morgan fingerprint density at radius 1 is 1.29 bits per heavy atom. The lowest BCUT2D eigenvalue weighted by molar-refractivity contribution is 0.590. The normalized spacial score (nSPS) is 11.6. The van der Waals surface area contributed by atoms with Crippen molar-refractivity contribution in [2.45, 2.75) is 26.2 Å². The first kappa shape index (κ1) is 14.5. The molecule has 0 unspecified atom stereocenters. The summed E-state index contributed by atoms with van der Waals surface area (Å²) in [5.74, 6) is 0.191. The van der Waals surface area contributed by atoms with E-state index in [1.54, 1.807) is 11.4 Å². The Labute approximate surface area is 107 Å². The predicted molar refractivity (Wildman–Crippen MR) is 74.1 cm³/mol.